The number of hydrogen-bond acceptors (Lipinski definition) is 7. The van der Waals surface area contributed by atoms with Gasteiger partial charge in [0.05, 0.1) is 11.3 Å². The molecular formula is C25H28ClN5O3S. The van der Waals surface area contributed by atoms with Gasteiger partial charge in [-0.3, -0.25) is 10.1 Å². The van der Waals surface area contributed by atoms with Crippen LogP contribution in [0.4, 0.5) is 15.7 Å². The van der Waals surface area contributed by atoms with Crippen LogP contribution in [0.1, 0.15) is 36.0 Å². The van der Waals surface area contributed by atoms with Gasteiger partial charge in [0.2, 0.25) is 0 Å². The van der Waals surface area contributed by atoms with Gasteiger partial charge < -0.3 is 14.5 Å². The summed E-state index contributed by atoms with van der Waals surface area (Å²) < 4.78 is 5.45. The van der Waals surface area contributed by atoms with Gasteiger partial charge in [0.15, 0.2) is 5.13 Å². The molecule has 2 amide bonds. The van der Waals surface area contributed by atoms with Crippen LogP contribution >= 0.6 is 22.9 Å². The Hall–Kier alpha value is -3.17. The topological polar surface area (TPSA) is 87.7 Å². The van der Waals surface area contributed by atoms with Crippen LogP contribution in [0.5, 0.6) is 0 Å². The molecule has 1 aromatic carbocycles. The van der Waals surface area contributed by atoms with Crippen molar-refractivity contribution in [1.82, 2.24) is 14.9 Å². The zero-order chi connectivity index (χ0) is 25.2. The van der Waals surface area contributed by atoms with E-state index in [4.69, 9.17) is 16.3 Å². The maximum atomic E-state index is 12.8. The number of pyridine rings is 1. The lowest BCUT2D eigenvalue weighted by Crippen LogP contribution is -2.50. The minimum absolute atomic E-state index is 0.273. The van der Waals surface area contributed by atoms with Crippen molar-refractivity contribution in [1.29, 1.82) is 0 Å². The quantitative estimate of drug-likeness (QED) is 0.497. The molecule has 1 fully saturated rings. The second kappa shape index (κ2) is 10.2. The Kier molecular flexibility index (Phi) is 7.28. The lowest BCUT2D eigenvalue weighted by atomic mass is 10.1. The Morgan fingerprint density at radius 1 is 1.11 bits per heavy atom. The molecule has 184 valence electrons. The van der Waals surface area contributed by atoms with Crippen LogP contribution in [-0.4, -0.2) is 58.6 Å². The number of ether oxygens (including phenoxy) is 1. The first-order chi connectivity index (χ1) is 16.6. The number of halogens is 1. The maximum Gasteiger partial charge on any atom is 0.410 e. The molecule has 0 bridgehead atoms. The molecular weight excluding hydrogens is 486 g/mol. The minimum atomic E-state index is -0.514. The van der Waals surface area contributed by atoms with Crippen LogP contribution in [0.25, 0.3) is 11.3 Å². The summed E-state index contributed by atoms with van der Waals surface area (Å²) in [5.74, 6) is 0.490. The number of thiazole rings is 1. The van der Waals surface area contributed by atoms with Gasteiger partial charge in [-0.15, -0.1) is 11.3 Å². The Balaban J connectivity index is 1.35. The first-order valence-electron chi connectivity index (χ1n) is 11.3. The van der Waals surface area contributed by atoms with Crippen molar-refractivity contribution >= 4 is 45.9 Å². The van der Waals surface area contributed by atoms with Crippen molar-refractivity contribution in [2.45, 2.75) is 33.3 Å². The summed E-state index contributed by atoms with van der Waals surface area (Å²) in [6.45, 7) is 9.92. The average Bonchev–Trinajstić information content (AvgIpc) is 3.18. The second-order valence-electron chi connectivity index (χ2n) is 9.25. The molecule has 0 atom stereocenters. The molecule has 2 aromatic heterocycles. The lowest BCUT2D eigenvalue weighted by Gasteiger charge is -2.36. The fourth-order valence-electron chi connectivity index (χ4n) is 3.67. The van der Waals surface area contributed by atoms with Gasteiger partial charge in [-0.25, -0.2) is 14.8 Å². The monoisotopic (exact) mass is 513 g/mol. The summed E-state index contributed by atoms with van der Waals surface area (Å²) in [7, 11) is 0. The summed E-state index contributed by atoms with van der Waals surface area (Å²) in [6.07, 6.45) is 1.26. The number of hydrogen-bond donors (Lipinski definition) is 1. The molecule has 0 saturated carbocycles. The molecule has 1 aliphatic rings. The van der Waals surface area contributed by atoms with E-state index < -0.39 is 5.60 Å². The van der Waals surface area contributed by atoms with Gasteiger partial charge in [-0.05, 0) is 52.0 Å². The molecule has 35 heavy (non-hydrogen) atoms. The molecule has 4 rings (SSSR count). The van der Waals surface area contributed by atoms with Crippen LogP contribution < -0.4 is 10.2 Å². The van der Waals surface area contributed by atoms with E-state index in [1.54, 1.807) is 17.2 Å². The largest absolute Gasteiger partial charge is 0.444 e. The van der Waals surface area contributed by atoms with E-state index in [9.17, 15) is 9.59 Å². The highest BCUT2D eigenvalue weighted by Gasteiger charge is 2.26. The molecule has 3 aromatic rings. The van der Waals surface area contributed by atoms with E-state index in [0.29, 0.717) is 41.9 Å². The van der Waals surface area contributed by atoms with E-state index >= 15 is 0 Å². The number of amides is 2. The Morgan fingerprint density at radius 3 is 2.49 bits per heavy atom. The molecule has 10 heteroatoms. The Bertz CT molecular complexity index is 1210. The van der Waals surface area contributed by atoms with Crippen LogP contribution in [0.15, 0.2) is 42.6 Å². The van der Waals surface area contributed by atoms with Gasteiger partial charge in [0.25, 0.3) is 5.91 Å². The maximum absolute atomic E-state index is 12.8. The van der Waals surface area contributed by atoms with E-state index in [1.165, 1.54) is 11.3 Å². The van der Waals surface area contributed by atoms with E-state index in [0.717, 1.165) is 22.0 Å². The number of anilines is 2. The Morgan fingerprint density at radius 2 is 1.86 bits per heavy atom. The first kappa shape index (κ1) is 24.9. The van der Waals surface area contributed by atoms with Crippen molar-refractivity contribution in [2.24, 2.45) is 0 Å². The van der Waals surface area contributed by atoms with Gasteiger partial charge in [0.1, 0.15) is 11.4 Å². The fraction of sp³-hybridized carbons (Fsp3) is 0.360. The summed E-state index contributed by atoms with van der Waals surface area (Å²) in [6, 6.07) is 11.0. The number of piperazine rings is 1. The number of carbonyl (C=O) groups excluding carboxylic acids is 2. The number of benzene rings is 1. The molecule has 0 aliphatic carbocycles. The predicted molar refractivity (Wildman–Crippen MR) is 140 cm³/mol. The lowest BCUT2D eigenvalue weighted by molar-refractivity contribution is 0.0240. The van der Waals surface area contributed by atoms with Gasteiger partial charge in [-0.2, -0.15) is 0 Å². The molecule has 0 spiro atoms. The van der Waals surface area contributed by atoms with Crippen molar-refractivity contribution in [3.8, 4) is 11.3 Å². The van der Waals surface area contributed by atoms with Crippen LogP contribution in [0, 0.1) is 6.92 Å². The molecule has 1 aliphatic heterocycles. The zero-order valence-electron chi connectivity index (χ0n) is 20.2. The highest BCUT2D eigenvalue weighted by molar-refractivity contribution is 7.16. The number of nitrogens with one attached hydrogen (secondary N) is 1. The highest BCUT2D eigenvalue weighted by Crippen LogP contribution is 2.31. The van der Waals surface area contributed by atoms with Crippen LogP contribution in [0.2, 0.25) is 5.02 Å². The van der Waals surface area contributed by atoms with Gasteiger partial charge in [-0.1, -0.05) is 23.7 Å². The van der Waals surface area contributed by atoms with Gasteiger partial charge in [0, 0.05) is 47.8 Å². The average molecular weight is 514 g/mol. The van der Waals surface area contributed by atoms with Crippen molar-refractivity contribution in [2.75, 3.05) is 36.4 Å². The van der Waals surface area contributed by atoms with Crippen LogP contribution in [-0.2, 0) is 4.74 Å². The Labute approximate surface area is 213 Å². The highest BCUT2D eigenvalue weighted by atomic mass is 35.5. The number of aromatic nitrogens is 2. The summed E-state index contributed by atoms with van der Waals surface area (Å²) in [5, 5.41) is 4.02. The molecule has 1 saturated heterocycles. The summed E-state index contributed by atoms with van der Waals surface area (Å²) >= 11 is 7.52. The van der Waals surface area contributed by atoms with Crippen molar-refractivity contribution < 1.29 is 14.3 Å². The normalized spacial score (nSPS) is 14.1. The van der Waals surface area contributed by atoms with E-state index in [2.05, 4.69) is 20.2 Å². The minimum Gasteiger partial charge on any atom is -0.444 e. The molecule has 3 heterocycles. The first-order valence-corrected chi connectivity index (χ1v) is 12.5. The standard InChI is InChI=1S/C25H28ClN5O3S/c1-16-21(17-6-5-7-19(26)14-17)28-23(35-16)29-22(32)18-8-9-20(27-15-18)30-10-12-31(13-11-30)24(33)34-25(2,3)4/h5-9,14-15H,10-13H2,1-4H3,(H,28,29,32). The third-order valence-corrected chi connectivity index (χ3v) is 6.50. The molecule has 1 N–H and O–H groups in total. The smallest absolute Gasteiger partial charge is 0.410 e. The molecule has 0 radical (unpaired) electrons. The molecule has 0 unspecified atom stereocenters. The SMILES string of the molecule is Cc1sc(NC(=O)c2ccc(N3CCN(C(=O)OC(C)(C)C)CC3)nc2)nc1-c1cccc(Cl)c1. The predicted octanol–water partition coefficient (Wildman–Crippen LogP) is 5.48. The van der Waals surface area contributed by atoms with Crippen LogP contribution in [0.3, 0.4) is 0 Å². The third kappa shape index (κ3) is 6.29. The molecule has 8 nitrogen and oxygen atoms in total. The van der Waals surface area contributed by atoms with Crippen molar-refractivity contribution in [3.63, 3.8) is 0 Å². The zero-order valence-corrected chi connectivity index (χ0v) is 21.7. The number of rotatable bonds is 4. The number of carbonyl (C=O) groups is 2. The fourth-order valence-corrected chi connectivity index (χ4v) is 4.70. The third-order valence-electron chi connectivity index (χ3n) is 5.38. The van der Waals surface area contributed by atoms with Gasteiger partial charge >= 0.3 is 6.09 Å². The number of aryl methyl sites for hydroxylation is 1. The van der Waals surface area contributed by atoms with E-state index in [-0.39, 0.29) is 12.0 Å². The van der Waals surface area contributed by atoms with E-state index in [1.807, 2.05) is 58.0 Å². The number of nitrogens with zero attached hydrogens (tertiary/aromatic N) is 4. The van der Waals surface area contributed by atoms with Crippen molar-refractivity contribution in [3.05, 3.63) is 58.1 Å². The summed E-state index contributed by atoms with van der Waals surface area (Å²) in [4.78, 5) is 38.9. The summed E-state index contributed by atoms with van der Waals surface area (Å²) in [5.41, 5.74) is 1.63. The second-order valence-corrected chi connectivity index (χ2v) is 10.9.